The van der Waals surface area contributed by atoms with Crippen LogP contribution in [0.2, 0.25) is 0 Å². The molecule has 0 fully saturated rings. The molecule has 0 aliphatic carbocycles. The third-order valence-electron chi connectivity index (χ3n) is 2.72. The third-order valence-corrected chi connectivity index (χ3v) is 3.21. The van der Waals surface area contributed by atoms with Gasteiger partial charge in [-0.1, -0.05) is 34.1 Å². The monoisotopic (exact) mass is 334 g/mol. The molecule has 5 heteroatoms. The van der Waals surface area contributed by atoms with Gasteiger partial charge in [-0.3, -0.25) is 0 Å². The lowest BCUT2D eigenvalue weighted by Gasteiger charge is -2.13. The average Bonchev–Trinajstić information content (AvgIpc) is 2.46. The van der Waals surface area contributed by atoms with Gasteiger partial charge in [0.1, 0.15) is 6.61 Å². The molecule has 0 amide bonds. The minimum absolute atomic E-state index is 0.436. The molecule has 0 heterocycles. The van der Waals surface area contributed by atoms with Gasteiger partial charge in [-0.05, 0) is 29.8 Å². The average molecular weight is 335 g/mol. The number of halogens is 1. The van der Waals surface area contributed by atoms with Gasteiger partial charge in [0.15, 0.2) is 11.5 Å². The Morgan fingerprint density at radius 3 is 2.75 bits per heavy atom. The van der Waals surface area contributed by atoms with E-state index in [1.807, 2.05) is 42.5 Å². The second-order valence-electron chi connectivity index (χ2n) is 4.08. The van der Waals surface area contributed by atoms with Crippen LogP contribution in [0.15, 0.2) is 52.0 Å². The molecule has 0 aliphatic rings. The fourth-order valence-corrected chi connectivity index (χ4v) is 2.26. The highest BCUT2D eigenvalue weighted by molar-refractivity contribution is 9.10. The van der Waals surface area contributed by atoms with Crippen LogP contribution in [0, 0.1) is 0 Å². The predicted octanol–water partition coefficient (Wildman–Crippen LogP) is 3.33. The van der Waals surface area contributed by atoms with Crippen molar-refractivity contribution in [3.05, 3.63) is 58.1 Å². The number of methoxy groups -OCH3 is 1. The summed E-state index contributed by atoms with van der Waals surface area (Å²) in [5, 5.41) is 3.54. The maximum atomic E-state index is 5.86. The number of rotatable bonds is 5. The van der Waals surface area contributed by atoms with E-state index >= 15 is 0 Å². The lowest BCUT2D eigenvalue weighted by atomic mass is 10.2. The maximum absolute atomic E-state index is 5.86. The summed E-state index contributed by atoms with van der Waals surface area (Å²) in [6.07, 6.45) is 1.54. The van der Waals surface area contributed by atoms with Crippen LogP contribution < -0.4 is 15.3 Å². The van der Waals surface area contributed by atoms with Gasteiger partial charge < -0.3 is 15.3 Å². The summed E-state index contributed by atoms with van der Waals surface area (Å²) in [7, 11) is 1.60. The van der Waals surface area contributed by atoms with Gasteiger partial charge in [0.05, 0.1) is 13.3 Å². The number of hydrogen-bond donors (Lipinski definition) is 1. The predicted molar refractivity (Wildman–Crippen MR) is 83.2 cm³/mol. The third kappa shape index (κ3) is 3.51. The van der Waals surface area contributed by atoms with Gasteiger partial charge in [0, 0.05) is 10.0 Å². The highest BCUT2D eigenvalue weighted by Crippen LogP contribution is 2.30. The van der Waals surface area contributed by atoms with E-state index in [4.69, 9.17) is 15.3 Å². The lowest BCUT2D eigenvalue weighted by Crippen LogP contribution is -2.01. The molecule has 2 rings (SSSR count). The van der Waals surface area contributed by atoms with Crippen molar-refractivity contribution in [3.63, 3.8) is 0 Å². The molecule has 2 aromatic carbocycles. The molecule has 0 atom stereocenters. The van der Waals surface area contributed by atoms with Crippen LogP contribution >= 0.6 is 15.9 Å². The summed E-state index contributed by atoms with van der Waals surface area (Å²) < 4.78 is 12.2. The molecular weight excluding hydrogens is 320 g/mol. The minimum atomic E-state index is 0.436. The van der Waals surface area contributed by atoms with Crippen LogP contribution in [-0.4, -0.2) is 13.3 Å². The largest absolute Gasteiger partial charge is 0.493 e. The molecule has 0 saturated heterocycles. The summed E-state index contributed by atoms with van der Waals surface area (Å²) in [4.78, 5) is 0. The van der Waals surface area contributed by atoms with Crippen LogP contribution in [-0.2, 0) is 6.61 Å². The molecule has 0 spiro atoms. The fourth-order valence-electron chi connectivity index (χ4n) is 1.81. The number of ether oxygens (including phenoxy) is 2. The minimum Gasteiger partial charge on any atom is -0.493 e. The Bertz CT molecular complexity index is 615. The summed E-state index contributed by atoms with van der Waals surface area (Å²) in [6.45, 7) is 0.436. The zero-order valence-corrected chi connectivity index (χ0v) is 12.6. The van der Waals surface area contributed by atoms with Crippen LogP contribution in [0.5, 0.6) is 11.5 Å². The zero-order valence-electron chi connectivity index (χ0n) is 11.0. The second kappa shape index (κ2) is 6.96. The summed E-state index contributed by atoms with van der Waals surface area (Å²) in [6, 6.07) is 13.5. The maximum Gasteiger partial charge on any atom is 0.170 e. The zero-order chi connectivity index (χ0) is 14.4. The molecule has 0 bridgehead atoms. The quantitative estimate of drug-likeness (QED) is 0.518. The Labute approximate surface area is 126 Å². The molecule has 104 valence electrons. The van der Waals surface area contributed by atoms with E-state index in [-0.39, 0.29) is 0 Å². The molecule has 0 saturated carbocycles. The SMILES string of the molecule is COc1cccc(C=NN)c1OCc1cccc(Br)c1. The van der Waals surface area contributed by atoms with E-state index < -0.39 is 0 Å². The van der Waals surface area contributed by atoms with Gasteiger partial charge in [0.2, 0.25) is 0 Å². The van der Waals surface area contributed by atoms with Crippen LogP contribution in [0.25, 0.3) is 0 Å². The van der Waals surface area contributed by atoms with Crippen molar-refractivity contribution < 1.29 is 9.47 Å². The summed E-state index contributed by atoms with van der Waals surface area (Å²) in [5.74, 6) is 6.49. The highest BCUT2D eigenvalue weighted by atomic mass is 79.9. The first-order chi connectivity index (χ1) is 9.74. The molecule has 4 nitrogen and oxygen atoms in total. The van der Waals surface area contributed by atoms with Gasteiger partial charge >= 0.3 is 0 Å². The fraction of sp³-hybridized carbons (Fsp3) is 0.133. The first-order valence-corrected chi connectivity index (χ1v) is 6.81. The topological polar surface area (TPSA) is 56.8 Å². The van der Waals surface area contributed by atoms with Crippen molar-refractivity contribution in [1.82, 2.24) is 0 Å². The Balaban J connectivity index is 2.23. The van der Waals surface area contributed by atoms with Gasteiger partial charge in [-0.15, -0.1) is 0 Å². The van der Waals surface area contributed by atoms with E-state index in [0.717, 1.165) is 15.6 Å². The van der Waals surface area contributed by atoms with Crippen molar-refractivity contribution in [1.29, 1.82) is 0 Å². The molecular formula is C15H15BrN2O2. The van der Waals surface area contributed by atoms with Crippen LogP contribution in [0.3, 0.4) is 0 Å². The first-order valence-electron chi connectivity index (χ1n) is 6.02. The Hall–Kier alpha value is -2.01. The van der Waals surface area contributed by atoms with E-state index in [2.05, 4.69) is 21.0 Å². The van der Waals surface area contributed by atoms with Crippen molar-refractivity contribution in [2.24, 2.45) is 10.9 Å². The Morgan fingerprint density at radius 2 is 2.05 bits per heavy atom. The van der Waals surface area contributed by atoms with Gasteiger partial charge in [-0.25, -0.2) is 0 Å². The smallest absolute Gasteiger partial charge is 0.170 e. The van der Waals surface area contributed by atoms with Crippen molar-refractivity contribution in [3.8, 4) is 11.5 Å². The van der Waals surface area contributed by atoms with Gasteiger partial charge in [0.25, 0.3) is 0 Å². The van der Waals surface area contributed by atoms with Crippen LogP contribution in [0.4, 0.5) is 0 Å². The van der Waals surface area contributed by atoms with Crippen LogP contribution in [0.1, 0.15) is 11.1 Å². The standard InChI is InChI=1S/C15H15BrN2O2/c1-19-14-7-3-5-12(9-18-17)15(14)20-10-11-4-2-6-13(16)8-11/h2-9H,10,17H2,1H3. The number of benzene rings is 2. The Kier molecular flexibility index (Phi) is 5.01. The highest BCUT2D eigenvalue weighted by Gasteiger charge is 2.09. The molecule has 20 heavy (non-hydrogen) atoms. The van der Waals surface area contributed by atoms with Crippen molar-refractivity contribution in [2.45, 2.75) is 6.61 Å². The first kappa shape index (κ1) is 14.4. The second-order valence-corrected chi connectivity index (χ2v) is 4.99. The molecule has 2 aromatic rings. The molecule has 0 unspecified atom stereocenters. The Morgan fingerprint density at radius 1 is 1.25 bits per heavy atom. The van der Waals surface area contributed by atoms with Gasteiger partial charge in [-0.2, -0.15) is 5.10 Å². The lowest BCUT2D eigenvalue weighted by molar-refractivity contribution is 0.284. The summed E-state index contributed by atoms with van der Waals surface area (Å²) >= 11 is 3.44. The van der Waals surface area contributed by atoms with E-state index in [0.29, 0.717) is 18.1 Å². The molecule has 0 aliphatic heterocycles. The molecule has 2 N–H and O–H groups in total. The van der Waals surface area contributed by atoms with Crippen molar-refractivity contribution >= 4 is 22.1 Å². The van der Waals surface area contributed by atoms with E-state index in [9.17, 15) is 0 Å². The number of nitrogens with zero attached hydrogens (tertiary/aromatic N) is 1. The number of hydrogen-bond acceptors (Lipinski definition) is 4. The van der Waals surface area contributed by atoms with E-state index in [1.54, 1.807) is 13.3 Å². The summed E-state index contributed by atoms with van der Waals surface area (Å²) in [5.41, 5.74) is 1.84. The number of hydrazone groups is 1. The number of para-hydroxylation sites is 1. The van der Waals surface area contributed by atoms with Crippen molar-refractivity contribution in [2.75, 3.05) is 7.11 Å². The molecule has 0 radical (unpaired) electrons. The molecule has 0 aromatic heterocycles. The normalized spacial score (nSPS) is 10.7. The number of nitrogens with two attached hydrogens (primary N) is 1. The van der Waals surface area contributed by atoms with E-state index in [1.165, 1.54) is 0 Å².